The Hall–Kier alpha value is -2.00. The third kappa shape index (κ3) is 2.70. The number of anilines is 1. The number of thiophene rings is 1. The standard InChI is InChI=1S/C14H11F2NO4S2/c15-9-5-11(16)10-2-1-3-17(12(10)6-9)23(20,21)13-4-8(7-22-13)14(18)19/h4-7H,1-3H2,(H,18,19). The third-order valence-electron chi connectivity index (χ3n) is 3.56. The minimum Gasteiger partial charge on any atom is -0.478 e. The number of hydrogen-bond acceptors (Lipinski definition) is 4. The fourth-order valence-corrected chi connectivity index (χ4v) is 5.29. The molecular weight excluding hydrogens is 348 g/mol. The molecule has 1 aliphatic heterocycles. The van der Waals surface area contributed by atoms with E-state index in [-0.39, 0.29) is 27.6 Å². The lowest BCUT2D eigenvalue weighted by Crippen LogP contribution is -2.35. The highest BCUT2D eigenvalue weighted by Gasteiger charge is 2.32. The van der Waals surface area contributed by atoms with Gasteiger partial charge in [0.25, 0.3) is 10.0 Å². The maximum absolute atomic E-state index is 13.9. The highest BCUT2D eigenvalue weighted by atomic mass is 32.2. The van der Waals surface area contributed by atoms with Gasteiger partial charge in [0.2, 0.25) is 0 Å². The molecule has 0 bridgehead atoms. The van der Waals surface area contributed by atoms with E-state index in [9.17, 15) is 22.0 Å². The molecule has 23 heavy (non-hydrogen) atoms. The third-order valence-corrected chi connectivity index (χ3v) is 6.79. The number of aromatic carboxylic acids is 1. The fourth-order valence-electron chi connectivity index (χ4n) is 2.50. The largest absolute Gasteiger partial charge is 0.478 e. The lowest BCUT2D eigenvalue weighted by molar-refractivity contribution is 0.0697. The Balaban J connectivity index is 2.10. The Kier molecular flexibility index (Phi) is 3.85. The van der Waals surface area contributed by atoms with Gasteiger partial charge in [-0.05, 0) is 25.0 Å². The van der Waals surface area contributed by atoms with Crippen LogP contribution in [0, 0.1) is 11.6 Å². The molecule has 0 radical (unpaired) electrons. The van der Waals surface area contributed by atoms with E-state index in [0.29, 0.717) is 12.8 Å². The Morgan fingerprint density at radius 1 is 1.26 bits per heavy atom. The lowest BCUT2D eigenvalue weighted by atomic mass is 10.0. The molecule has 5 nitrogen and oxygen atoms in total. The van der Waals surface area contributed by atoms with Crippen molar-refractivity contribution in [2.24, 2.45) is 0 Å². The second-order valence-corrected chi connectivity index (χ2v) is 8.03. The van der Waals surface area contributed by atoms with Crippen molar-refractivity contribution in [2.45, 2.75) is 17.1 Å². The number of carboxylic acid groups (broad SMARTS) is 1. The van der Waals surface area contributed by atoms with Gasteiger partial charge in [-0.3, -0.25) is 4.31 Å². The minimum absolute atomic E-state index is 0.0287. The predicted octanol–water partition coefficient (Wildman–Crippen LogP) is 2.87. The summed E-state index contributed by atoms with van der Waals surface area (Å²) in [5.74, 6) is -2.88. The van der Waals surface area contributed by atoms with Crippen molar-refractivity contribution in [3.63, 3.8) is 0 Å². The molecule has 0 aliphatic carbocycles. The van der Waals surface area contributed by atoms with Crippen LogP contribution >= 0.6 is 11.3 Å². The van der Waals surface area contributed by atoms with Crippen molar-refractivity contribution in [3.8, 4) is 0 Å². The van der Waals surface area contributed by atoms with E-state index in [1.54, 1.807) is 0 Å². The average Bonchev–Trinajstić information content (AvgIpc) is 2.97. The number of carboxylic acids is 1. The molecular formula is C14H11F2NO4S2. The summed E-state index contributed by atoms with van der Waals surface area (Å²) in [6.45, 7) is 0.0819. The Labute approximate surface area is 134 Å². The molecule has 122 valence electrons. The molecule has 0 saturated carbocycles. The molecule has 9 heteroatoms. The molecule has 0 amide bonds. The summed E-state index contributed by atoms with van der Waals surface area (Å²) in [6, 6.07) is 2.76. The molecule has 1 N–H and O–H groups in total. The zero-order valence-electron chi connectivity index (χ0n) is 11.6. The van der Waals surface area contributed by atoms with Crippen LogP contribution in [0.2, 0.25) is 0 Å². The van der Waals surface area contributed by atoms with Crippen molar-refractivity contribution >= 4 is 33.0 Å². The molecule has 3 rings (SSSR count). The number of carbonyl (C=O) groups is 1. The number of benzene rings is 1. The zero-order valence-corrected chi connectivity index (χ0v) is 13.3. The molecule has 0 saturated heterocycles. The minimum atomic E-state index is -4.07. The second kappa shape index (κ2) is 5.57. The molecule has 0 spiro atoms. The smallest absolute Gasteiger partial charge is 0.336 e. The van der Waals surface area contributed by atoms with Crippen molar-refractivity contribution in [1.29, 1.82) is 0 Å². The number of fused-ring (bicyclic) bond motifs is 1. The van der Waals surface area contributed by atoms with Gasteiger partial charge in [0, 0.05) is 23.6 Å². The van der Waals surface area contributed by atoms with Crippen molar-refractivity contribution in [1.82, 2.24) is 0 Å². The molecule has 2 heterocycles. The van der Waals surface area contributed by atoms with E-state index in [1.807, 2.05) is 0 Å². The fraction of sp³-hybridized carbons (Fsp3) is 0.214. The SMILES string of the molecule is O=C(O)c1csc(S(=O)(=O)N2CCCc3c(F)cc(F)cc32)c1. The van der Waals surface area contributed by atoms with Gasteiger partial charge in [-0.25, -0.2) is 22.0 Å². The van der Waals surface area contributed by atoms with Crippen LogP contribution in [0.15, 0.2) is 27.8 Å². The second-order valence-electron chi connectivity index (χ2n) is 5.03. The first-order valence-corrected chi connectivity index (χ1v) is 8.95. The van der Waals surface area contributed by atoms with Crippen LogP contribution in [0.4, 0.5) is 14.5 Å². The van der Waals surface area contributed by atoms with Crippen LogP contribution in [-0.2, 0) is 16.4 Å². The number of rotatable bonds is 3. The summed E-state index contributed by atoms with van der Waals surface area (Å²) in [4.78, 5) is 10.9. The molecule has 0 fully saturated rings. The lowest BCUT2D eigenvalue weighted by Gasteiger charge is -2.30. The first-order chi connectivity index (χ1) is 10.8. The van der Waals surface area contributed by atoms with Gasteiger partial charge in [-0.1, -0.05) is 0 Å². The first-order valence-electron chi connectivity index (χ1n) is 6.63. The molecule has 0 atom stereocenters. The van der Waals surface area contributed by atoms with Crippen molar-refractivity contribution < 1.29 is 27.1 Å². The number of hydrogen-bond donors (Lipinski definition) is 1. The van der Waals surface area contributed by atoms with Crippen LogP contribution in [0.5, 0.6) is 0 Å². The van der Waals surface area contributed by atoms with Gasteiger partial charge in [0.05, 0.1) is 11.3 Å². The normalized spacial score (nSPS) is 14.6. The maximum Gasteiger partial charge on any atom is 0.336 e. The van der Waals surface area contributed by atoms with Crippen LogP contribution in [-0.4, -0.2) is 26.0 Å². The van der Waals surface area contributed by atoms with Gasteiger partial charge >= 0.3 is 5.97 Å². The quantitative estimate of drug-likeness (QED) is 0.914. The Morgan fingerprint density at radius 2 is 2.00 bits per heavy atom. The maximum atomic E-state index is 13.9. The topological polar surface area (TPSA) is 74.7 Å². The predicted molar refractivity (Wildman–Crippen MR) is 80.5 cm³/mol. The van der Waals surface area contributed by atoms with E-state index >= 15 is 0 Å². The summed E-state index contributed by atoms with van der Waals surface area (Å²) >= 11 is 0.764. The average molecular weight is 359 g/mol. The van der Waals surface area contributed by atoms with E-state index in [0.717, 1.165) is 33.8 Å². The molecule has 1 aromatic heterocycles. The first kappa shape index (κ1) is 15.9. The summed E-state index contributed by atoms with van der Waals surface area (Å²) in [6.07, 6.45) is 0.713. The van der Waals surface area contributed by atoms with E-state index < -0.39 is 27.6 Å². The van der Waals surface area contributed by atoms with E-state index in [2.05, 4.69) is 0 Å². The highest BCUT2D eigenvalue weighted by molar-refractivity contribution is 7.94. The van der Waals surface area contributed by atoms with Crippen molar-refractivity contribution in [2.75, 3.05) is 10.8 Å². The number of halogens is 2. The molecule has 1 aliphatic rings. The number of sulfonamides is 1. The van der Waals surface area contributed by atoms with Gasteiger partial charge < -0.3 is 5.11 Å². The highest BCUT2D eigenvalue weighted by Crippen LogP contribution is 2.35. The van der Waals surface area contributed by atoms with E-state index in [4.69, 9.17) is 5.11 Å². The van der Waals surface area contributed by atoms with Crippen LogP contribution in [0.25, 0.3) is 0 Å². The molecule has 2 aromatic rings. The summed E-state index contributed by atoms with van der Waals surface area (Å²) in [7, 11) is -4.07. The Bertz CT molecular complexity index is 892. The summed E-state index contributed by atoms with van der Waals surface area (Å²) in [5.41, 5.74) is -0.0218. The molecule has 1 aromatic carbocycles. The van der Waals surface area contributed by atoms with Crippen molar-refractivity contribution in [3.05, 3.63) is 46.3 Å². The van der Waals surface area contributed by atoms with Gasteiger partial charge in [0.15, 0.2) is 0 Å². The molecule has 0 unspecified atom stereocenters. The summed E-state index contributed by atoms with van der Waals surface area (Å²) < 4.78 is 53.5. The Morgan fingerprint density at radius 3 is 2.65 bits per heavy atom. The van der Waals surface area contributed by atoms with Gasteiger partial charge in [0.1, 0.15) is 15.8 Å². The van der Waals surface area contributed by atoms with Gasteiger partial charge in [-0.15, -0.1) is 11.3 Å². The van der Waals surface area contributed by atoms with Crippen LogP contribution in [0.3, 0.4) is 0 Å². The van der Waals surface area contributed by atoms with Crippen LogP contribution < -0.4 is 4.31 Å². The van der Waals surface area contributed by atoms with Gasteiger partial charge in [-0.2, -0.15) is 0 Å². The monoisotopic (exact) mass is 359 g/mol. The van der Waals surface area contributed by atoms with E-state index in [1.165, 1.54) is 5.38 Å². The number of nitrogens with zero attached hydrogens (tertiary/aromatic N) is 1. The zero-order chi connectivity index (χ0) is 16.8. The van der Waals surface area contributed by atoms with Crippen LogP contribution in [0.1, 0.15) is 22.3 Å². The summed E-state index contributed by atoms with van der Waals surface area (Å²) in [5, 5.41) is 10.1.